The summed E-state index contributed by atoms with van der Waals surface area (Å²) < 4.78 is 0. The number of thioether (sulfide) groups is 1. The highest BCUT2D eigenvalue weighted by atomic mass is 32.2. The molecule has 2 rings (SSSR count). The minimum atomic E-state index is -0.917. The molecule has 2 N–H and O–H groups in total. The molecule has 0 aromatic heterocycles. The van der Waals surface area contributed by atoms with Crippen LogP contribution >= 0.6 is 11.8 Å². The van der Waals surface area contributed by atoms with Gasteiger partial charge in [0, 0.05) is 11.8 Å². The van der Waals surface area contributed by atoms with Crippen molar-refractivity contribution in [3.05, 3.63) is 0 Å². The van der Waals surface area contributed by atoms with Crippen LogP contribution < -0.4 is 5.32 Å². The van der Waals surface area contributed by atoms with E-state index in [0.29, 0.717) is 17.5 Å². The highest BCUT2D eigenvalue weighted by Crippen LogP contribution is 2.32. The minimum Gasteiger partial charge on any atom is -0.480 e. The average Bonchev–Trinajstić information content (AvgIpc) is 2.94. The van der Waals surface area contributed by atoms with Crippen molar-refractivity contribution < 1.29 is 14.7 Å². The molecule has 1 heterocycles. The molecule has 0 radical (unpaired) electrons. The molecule has 0 aromatic carbocycles. The number of carbonyl (C=O) groups is 2. The Morgan fingerprint density at radius 1 is 1.50 bits per heavy atom. The van der Waals surface area contributed by atoms with E-state index in [1.807, 2.05) is 6.92 Å². The Hall–Kier alpha value is -0.910. The zero-order valence-corrected chi connectivity index (χ0v) is 10.00. The van der Waals surface area contributed by atoms with E-state index in [2.05, 4.69) is 5.32 Å². The van der Waals surface area contributed by atoms with Crippen LogP contribution in [-0.4, -0.2) is 45.7 Å². The molecule has 2 unspecified atom stereocenters. The van der Waals surface area contributed by atoms with Gasteiger partial charge >= 0.3 is 12.0 Å². The molecular weight excluding hydrogens is 228 g/mol. The monoisotopic (exact) mass is 244 g/mol. The van der Waals surface area contributed by atoms with Crippen molar-refractivity contribution in [3.8, 4) is 0 Å². The maximum absolute atomic E-state index is 11.8. The fraction of sp³-hybridized carbons (Fsp3) is 0.800. The van der Waals surface area contributed by atoms with Gasteiger partial charge in [-0.2, -0.15) is 0 Å². The molecule has 2 fully saturated rings. The Kier molecular flexibility index (Phi) is 3.28. The maximum atomic E-state index is 11.8. The van der Waals surface area contributed by atoms with Gasteiger partial charge in [-0.3, -0.25) is 0 Å². The quantitative estimate of drug-likeness (QED) is 0.775. The second-order valence-electron chi connectivity index (χ2n) is 4.40. The SMILES string of the molecule is CC(NC(=O)N1CSCC1C(=O)O)C1CC1. The lowest BCUT2D eigenvalue weighted by Gasteiger charge is -2.23. The van der Waals surface area contributed by atoms with Crippen LogP contribution in [0.15, 0.2) is 0 Å². The van der Waals surface area contributed by atoms with E-state index in [0.717, 1.165) is 0 Å². The van der Waals surface area contributed by atoms with Crippen molar-refractivity contribution in [1.82, 2.24) is 10.2 Å². The van der Waals surface area contributed by atoms with E-state index in [1.165, 1.54) is 29.5 Å². The van der Waals surface area contributed by atoms with Gasteiger partial charge in [0.15, 0.2) is 0 Å². The average molecular weight is 244 g/mol. The number of nitrogens with zero attached hydrogens (tertiary/aromatic N) is 1. The van der Waals surface area contributed by atoms with Gasteiger partial charge < -0.3 is 15.3 Å². The zero-order valence-electron chi connectivity index (χ0n) is 9.18. The molecule has 2 aliphatic rings. The van der Waals surface area contributed by atoms with Gasteiger partial charge in [-0.1, -0.05) is 0 Å². The predicted molar refractivity (Wildman–Crippen MR) is 61.3 cm³/mol. The van der Waals surface area contributed by atoms with Crippen molar-refractivity contribution in [1.29, 1.82) is 0 Å². The van der Waals surface area contributed by atoms with Gasteiger partial charge in [-0.05, 0) is 25.7 Å². The van der Waals surface area contributed by atoms with Crippen molar-refractivity contribution >= 4 is 23.8 Å². The van der Waals surface area contributed by atoms with Crippen molar-refractivity contribution in [3.63, 3.8) is 0 Å². The van der Waals surface area contributed by atoms with Crippen molar-refractivity contribution in [2.45, 2.75) is 31.8 Å². The summed E-state index contributed by atoms with van der Waals surface area (Å²) >= 11 is 1.48. The molecular formula is C10H16N2O3S. The molecule has 1 aliphatic heterocycles. The Balaban J connectivity index is 1.90. The Morgan fingerprint density at radius 2 is 2.19 bits per heavy atom. The standard InChI is InChI=1S/C10H16N2O3S/c1-6(7-2-3-7)11-10(15)12-5-16-4-8(12)9(13)14/h6-8H,2-5H2,1H3,(H,11,15)(H,13,14). The Labute approximate surface area is 98.6 Å². The summed E-state index contributed by atoms with van der Waals surface area (Å²) in [6, 6.07) is -0.749. The molecule has 2 amide bonds. The lowest BCUT2D eigenvalue weighted by Crippen LogP contribution is -2.49. The molecule has 1 saturated heterocycles. The maximum Gasteiger partial charge on any atom is 0.327 e. The Bertz CT molecular complexity index is 306. The number of nitrogens with one attached hydrogen (secondary N) is 1. The van der Waals surface area contributed by atoms with Gasteiger partial charge in [0.2, 0.25) is 0 Å². The summed E-state index contributed by atoms with van der Waals surface area (Å²) in [6.07, 6.45) is 2.33. The first kappa shape index (κ1) is 11.6. The minimum absolute atomic E-state index is 0.160. The van der Waals surface area contributed by atoms with Gasteiger partial charge in [0.1, 0.15) is 6.04 Å². The van der Waals surface area contributed by atoms with Gasteiger partial charge in [-0.25, -0.2) is 9.59 Å². The summed E-state index contributed by atoms with van der Waals surface area (Å²) in [4.78, 5) is 24.2. The van der Waals surface area contributed by atoms with E-state index < -0.39 is 12.0 Å². The molecule has 0 spiro atoms. The van der Waals surface area contributed by atoms with Crippen molar-refractivity contribution in [2.75, 3.05) is 11.6 Å². The van der Waals surface area contributed by atoms with Crippen LogP contribution in [0.5, 0.6) is 0 Å². The number of hydrogen-bond donors (Lipinski definition) is 2. The second kappa shape index (κ2) is 4.53. The zero-order chi connectivity index (χ0) is 11.7. The Morgan fingerprint density at radius 3 is 2.75 bits per heavy atom. The van der Waals surface area contributed by atoms with Crippen molar-refractivity contribution in [2.24, 2.45) is 5.92 Å². The van der Waals surface area contributed by atoms with Crippen LogP contribution in [0, 0.1) is 5.92 Å². The van der Waals surface area contributed by atoms with Crippen LogP contribution in [0.1, 0.15) is 19.8 Å². The van der Waals surface area contributed by atoms with Crippen LogP contribution in [0.2, 0.25) is 0 Å². The molecule has 90 valence electrons. The van der Waals surface area contributed by atoms with Crippen LogP contribution in [0.25, 0.3) is 0 Å². The topological polar surface area (TPSA) is 69.6 Å². The highest BCUT2D eigenvalue weighted by Gasteiger charge is 2.36. The van der Waals surface area contributed by atoms with E-state index in [1.54, 1.807) is 0 Å². The highest BCUT2D eigenvalue weighted by molar-refractivity contribution is 7.99. The summed E-state index contributed by atoms with van der Waals surface area (Å²) in [6.45, 7) is 1.98. The molecule has 6 heteroatoms. The molecule has 1 aliphatic carbocycles. The van der Waals surface area contributed by atoms with Gasteiger partial charge in [0.05, 0.1) is 5.88 Å². The van der Waals surface area contributed by atoms with Gasteiger partial charge in [0.25, 0.3) is 0 Å². The number of rotatable bonds is 3. The van der Waals surface area contributed by atoms with E-state index in [9.17, 15) is 9.59 Å². The lowest BCUT2D eigenvalue weighted by atomic mass is 10.2. The number of carboxylic acids is 1. The third-order valence-corrected chi connectivity index (χ3v) is 4.12. The number of amides is 2. The summed E-state index contributed by atoms with van der Waals surface area (Å²) in [7, 11) is 0. The molecule has 1 saturated carbocycles. The second-order valence-corrected chi connectivity index (χ2v) is 5.40. The van der Waals surface area contributed by atoms with Gasteiger partial charge in [-0.15, -0.1) is 11.8 Å². The molecule has 5 nitrogen and oxygen atoms in total. The van der Waals surface area contributed by atoms with E-state index in [-0.39, 0.29) is 12.1 Å². The molecule has 0 aromatic rings. The largest absolute Gasteiger partial charge is 0.480 e. The number of aliphatic carboxylic acids is 1. The summed E-state index contributed by atoms with van der Waals surface area (Å²) in [5, 5.41) is 11.8. The van der Waals surface area contributed by atoms with Crippen LogP contribution in [0.4, 0.5) is 4.79 Å². The molecule has 16 heavy (non-hydrogen) atoms. The summed E-state index contributed by atoms with van der Waals surface area (Å²) in [5.74, 6) is 0.627. The number of carboxylic acid groups (broad SMARTS) is 1. The number of hydrogen-bond acceptors (Lipinski definition) is 3. The third-order valence-electron chi connectivity index (χ3n) is 3.11. The van der Waals surface area contributed by atoms with Crippen LogP contribution in [0.3, 0.4) is 0 Å². The van der Waals surface area contributed by atoms with E-state index >= 15 is 0 Å². The smallest absolute Gasteiger partial charge is 0.327 e. The lowest BCUT2D eigenvalue weighted by molar-refractivity contribution is -0.140. The first-order valence-electron chi connectivity index (χ1n) is 5.47. The predicted octanol–water partition coefficient (Wildman–Crippen LogP) is 0.954. The first-order valence-corrected chi connectivity index (χ1v) is 6.62. The third kappa shape index (κ3) is 2.42. The fourth-order valence-corrected chi connectivity index (χ4v) is 2.98. The fourth-order valence-electron chi connectivity index (χ4n) is 1.84. The molecule has 2 atom stereocenters. The summed E-state index contributed by atoms with van der Waals surface area (Å²) in [5.41, 5.74) is 0. The normalized spacial score (nSPS) is 26.6. The first-order chi connectivity index (χ1) is 7.59. The molecule has 0 bridgehead atoms. The van der Waals surface area contributed by atoms with Crippen LogP contribution in [-0.2, 0) is 4.79 Å². The number of carbonyl (C=O) groups excluding carboxylic acids is 1. The number of urea groups is 1. The van der Waals surface area contributed by atoms with E-state index in [4.69, 9.17) is 5.11 Å².